The van der Waals surface area contributed by atoms with Gasteiger partial charge in [0.05, 0.1) is 28.8 Å². The van der Waals surface area contributed by atoms with E-state index in [2.05, 4.69) is 5.32 Å². The quantitative estimate of drug-likeness (QED) is 0.805. The molecule has 0 aliphatic carbocycles. The molecule has 1 aliphatic rings. The van der Waals surface area contributed by atoms with E-state index in [1.165, 1.54) is 7.11 Å². The zero-order valence-electron chi connectivity index (χ0n) is 14.5. The lowest BCUT2D eigenvalue weighted by atomic mass is 10.1. The van der Waals surface area contributed by atoms with Crippen LogP contribution in [0.15, 0.2) is 17.0 Å². The van der Waals surface area contributed by atoms with Gasteiger partial charge in [0, 0.05) is 6.04 Å². The Hall–Kier alpha value is -1.12. The van der Waals surface area contributed by atoms with Crippen molar-refractivity contribution in [1.29, 1.82) is 0 Å². The molecule has 0 aromatic heterocycles. The highest BCUT2D eigenvalue weighted by Gasteiger charge is 2.46. The number of rotatable bonds is 6. The van der Waals surface area contributed by atoms with Crippen LogP contribution in [0.5, 0.6) is 5.75 Å². The van der Waals surface area contributed by atoms with Gasteiger partial charge in [0.2, 0.25) is 0 Å². The van der Waals surface area contributed by atoms with Gasteiger partial charge >= 0.3 is 0 Å². The molecule has 1 aromatic rings. The second-order valence-corrected chi connectivity index (χ2v) is 10.6. The van der Waals surface area contributed by atoms with Gasteiger partial charge in [-0.2, -0.15) is 0 Å². The van der Waals surface area contributed by atoms with Crippen molar-refractivity contribution in [3.63, 3.8) is 0 Å². The smallest absolute Gasteiger partial charge is 0.184 e. The van der Waals surface area contributed by atoms with Crippen LogP contribution in [0.4, 0.5) is 0 Å². The van der Waals surface area contributed by atoms with Gasteiger partial charge in [0.15, 0.2) is 19.7 Å². The molecule has 1 heterocycles. The van der Waals surface area contributed by atoms with Crippen LogP contribution in [0, 0.1) is 13.8 Å². The van der Waals surface area contributed by atoms with Crippen molar-refractivity contribution in [1.82, 2.24) is 5.32 Å². The molecule has 136 valence electrons. The van der Waals surface area contributed by atoms with Crippen molar-refractivity contribution in [2.75, 3.05) is 25.2 Å². The molecule has 2 atom stereocenters. The summed E-state index contributed by atoms with van der Waals surface area (Å²) in [5, 5.41) is 2.13. The molecule has 0 spiro atoms. The van der Waals surface area contributed by atoms with Gasteiger partial charge in [-0.05, 0) is 50.1 Å². The number of ether oxygens (including phenoxy) is 1. The van der Waals surface area contributed by atoms with E-state index in [0.717, 1.165) is 6.42 Å². The molecule has 2 rings (SSSR count). The molecule has 0 bridgehead atoms. The average Bonchev–Trinajstić information content (AvgIpc) is 2.82. The van der Waals surface area contributed by atoms with Crippen LogP contribution in [0.2, 0.25) is 0 Å². The van der Waals surface area contributed by atoms with Crippen LogP contribution in [-0.2, 0) is 19.7 Å². The van der Waals surface area contributed by atoms with Crippen molar-refractivity contribution in [2.45, 2.75) is 43.4 Å². The minimum Gasteiger partial charge on any atom is -0.496 e. The maximum absolute atomic E-state index is 13.1. The van der Waals surface area contributed by atoms with Gasteiger partial charge in [0.25, 0.3) is 0 Å². The molecule has 0 unspecified atom stereocenters. The first-order valence-corrected chi connectivity index (χ1v) is 11.3. The molecule has 0 amide bonds. The minimum atomic E-state index is -3.76. The van der Waals surface area contributed by atoms with E-state index < -0.39 is 31.0 Å². The molecule has 1 saturated heterocycles. The highest BCUT2D eigenvalue weighted by atomic mass is 32.2. The van der Waals surface area contributed by atoms with Crippen LogP contribution >= 0.6 is 0 Å². The third kappa shape index (κ3) is 3.75. The molecule has 8 heteroatoms. The summed E-state index contributed by atoms with van der Waals surface area (Å²) in [5.41, 5.74) is 1.27. The average molecular weight is 376 g/mol. The van der Waals surface area contributed by atoms with E-state index in [9.17, 15) is 16.8 Å². The number of nitrogens with one attached hydrogen (secondary N) is 1. The highest BCUT2D eigenvalue weighted by molar-refractivity contribution is 7.96. The summed E-state index contributed by atoms with van der Waals surface area (Å²) in [4.78, 5) is 0.186. The topological polar surface area (TPSA) is 89.5 Å². The Bertz CT molecular complexity index is 815. The number of methoxy groups -OCH3 is 1. The predicted molar refractivity (Wildman–Crippen MR) is 94.2 cm³/mol. The van der Waals surface area contributed by atoms with Gasteiger partial charge in [-0.25, -0.2) is 16.8 Å². The molecular formula is C16H25NO5S2. The van der Waals surface area contributed by atoms with E-state index in [4.69, 9.17) is 4.74 Å². The van der Waals surface area contributed by atoms with Gasteiger partial charge in [-0.15, -0.1) is 0 Å². The fourth-order valence-electron chi connectivity index (χ4n) is 3.09. The molecule has 24 heavy (non-hydrogen) atoms. The van der Waals surface area contributed by atoms with E-state index in [0.29, 0.717) is 23.4 Å². The summed E-state index contributed by atoms with van der Waals surface area (Å²) in [5.74, 6) is 0.151. The maximum Gasteiger partial charge on any atom is 0.184 e. The van der Waals surface area contributed by atoms with Crippen LogP contribution in [0.1, 0.15) is 24.5 Å². The van der Waals surface area contributed by atoms with Gasteiger partial charge in [-0.3, -0.25) is 0 Å². The Morgan fingerprint density at radius 3 is 2.46 bits per heavy atom. The molecular weight excluding hydrogens is 350 g/mol. The van der Waals surface area contributed by atoms with Crippen LogP contribution in [-0.4, -0.2) is 53.3 Å². The number of benzene rings is 1. The maximum atomic E-state index is 13.1. The second kappa shape index (κ2) is 7.01. The molecule has 1 fully saturated rings. The monoisotopic (exact) mass is 375 g/mol. The fraction of sp³-hybridized carbons (Fsp3) is 0.625. The van der Waals surface area contributed by atoms with E-state index in [1.807, 2.05) is 6.92 Å². The Kier molecular flexibility index (Phi) is 5.61. The Morgan fingerprint density at radius 2 is 1.88 bits per heavy atom. The van der Waals surface area contributed by atoms with Crippen molar-refractivity contribution in [2.24, 2.45) is 0 Å². The molecule has 6 nitrogen and oxygen atoms in total. The van der Waals surface area contributed by atoms with Crippen molar-refractivity contribution < 1.29 is 21.6 Å². The van der Waals surface area contributed by atoms with Crippen LogP contribution < -0.4 is 10.1 Å². The standard InChI is InChI=1S/C16H25NO5S2/c1-5-6-17-13-9-23(18,19)10-16(13)24(20,21)15-8-11(2)14(22-4)7-12(15)3/h7-8,13,16-17H,5-6,9-10H2,1-4H3/t13-,16-/m0/s1. The summed E-state index contributed by atoms with van der Waals surface area (Å²) >= 11 is 0. The molecule has 0 radical (unpaired) electrons. The zero-order chi connectivity index (χ0) is 18.1. The van der Waals surface area contributed by atoms with Crippen LogP contribution in [0.25, 0.3) is 0 Å². The van der Waals surface area contributed by atoms with Crippen molar-refractivity contribution in [3.8, 4) is 5.75 Å². The molecule has 1 aromatic carbocycles. The largest absolute Gasteiger partial charge is 0.496 e. The lowest BCUT2D eigenvalue weighted by molar-refractivity contribution is 0.411. The summed E-state index contributed by atoms with van der Waals surface area (Å²) in [6.45, 7) is 6.02. The lowest BCUT2D eigenvalue weighted by Gasteiger charge is -2.21. The summed E-state index contributed by atoms with van der Waals surface area (Å²) in [6.07, 6.45) is 0.810. The van der Waals surface area contributed by atoms with E-state index >= 15 is 0 Å². The lowest BCUT2D eigenvalue weighted by Crippen LogP contribution is -2.43. The first-order valence-electron chi connectivity index (χ1n) is 7.95. The fourth-order valence-corrected chi connectivity index (χ4v) is 8.12. The van der Waals surface area contributed by atoms with Crippen LogP contribution in [0.3, 0.4) is 0 Å². The number of aryl methyl sites for hydroxylation is 2. The first kappa shape index (κ1) is 19.2. The Labute approximate surface area is 144 Å². The minimum absolute atomic E-state index is 0.134. The van der Waals surface area contributed by atoms with E-state index in [-0.39, 0.29) is 16.4 Å². The second-order valence-electron chi connectivity index (χ2n) is 6.31. The predicted octanol–water partition coefficient (Wildman–Crippen LogP) is 1.25. The van der Waals surface area contributed by atoms with Gasteiger partial charge in [0.1, 0.15) is 5.75 Å². The molecule has 0 saturated carbocycles. The Balaban J connectivity index is 2.47. The van der Waals surface area contributed by atoms with Gasteiger partial charge < -0.3 is 10.1 Å². The van der Waals surface area contributed by atoms with Gasteiger partial charge in [-0.1, -0.05) is 6.92 Å². The third-order valence-electron chi connectivity index (χ3n) is 4.35. The highest BCUT2D eigenvalue weighted by Crippen LogP contribution is 2.31. The van der Waals surface area contributed by atoms with Crippen molar-refractivity contribution >= 4 is 19.7 Å². The molecule has 1 N–H and O–H groups in total. The van der Waals surface area contributed by atoms with Crippen molar-refractivity contribution in [3.05, 3.63) is 23.3 Å². The molecule has 1 aliphatic heterocycles. The number of sulfone groups is 2. The summed E-state index contributed by atoms with van der Waals surface area (Å²) < 4.78 is 55.5. The Morgan fingerprint density at radius 1 is 1.21 bits per heavy atom. The third-order valence-corrected chi connectivity index (χ3v) is 8.64. The SMILES string of the molecule is CCCN[C@H]1CS(=O)(=O)C[C@@H]1S(=O)(=O)c1cc(C)c(OC)cc1C. The zero-order valence-corrected chi connectivity index (χ0v) is 16.1. The number of hydrogen-bond acceptors (Lipinski definition) is 6. The number of hydrogen-bond donors (Lipinski definition) is 1. The van der Waals surface area contributed by atoms with E-state index in [1.54, 1.807) is 26.0 Å². The summed E-state index contributed by atoms with van der Waals surface area (Å²) in [7, 11) is -5.60. The first-order chi connectivity index (χ1) is 11.1. The summed E-state index contributed by atoms with van der Waals surface area (Å²) in [6, 6.07) is 2.69. The normalized spacial score (nSPS) is 23.3.